The van der Waals surface area contributed by atoms with Crippen molar-refractivity contribution in [2.45, 2.75) is 33.4 Å². The smallest absolute Gasteiger partial charge is 0.259 e. The van der Waals surface area contributed by atoms with E-state index >= 15 is 0 Å². The first kappa shape index (κ1) is 15.8. The predicted octanol–water partition coefficient (Wildman–Crippen LogP) is 3.81. The van der Waals surface area contributed by atoms with E-state index in [1.165, 1.54) is 11.1 Å². The Hall–Kier alpha value is -1.69. The molecule has 0 saturated heterocycles. The van der Waals surface area contributed by atoms with Crippen LogP contribution in [0.2, 0.25) is 5.02 Å². The number of aromatic nitrogens is 2. The molecule has 0 saturated carbocycles. The molecule has 0 aliphatic carbocycles. The fourth-order valence-electron chi connectivity index (χ4n) is 3.34. The molecule has 0 fully saturated rings. The SMILES string of the molecule is Cc1sc2nc(CN3CCc4c(Cl)cccc4C3)[nH]c(=O)c2c1C. The van der Waals surface area contributed by atoms with E-state index in [0.717, 1.165) is 51.0 Å². The highest BCUT2D eigenvalue weighted by Crippen LogP contribution is 2.28. The maximum absolute atomic E-state index is 12.4. The average molecular weight is 360 g/mol. The third kappa shape index (κ3) is 2.66. The first-order valence-corrected chi connectivity index (χ1v) is 9.20. The van der Waals surface area contributed by atoms with Crippen LogP contribution in [0.4, 0.5) is 0 Å². The summed E-state index contributed by atoms with van der Waals surface area (Å²) in [5.41, 5.74) is 3.52. The number of nitrogens with zero attached hydrogens (tertiary/aromatic N) is 2. The van der Waals surface area contributed by atoms with Gasteiger partial charge in [-0.05, 0) is 43.0 Å². The quantitative estimate of drug-likeness (QED) is 0.756. The number of aromatic amines is 1. The van der Waals surface area contributed by atoms with Gasteiger partial charge < -0.3 is 4.98 Å². The summed E-state index contributed by atoms with van der Waals surface area (Å²) in [5, 5.41) is 1.58. The molecule has 1 N–H and O–H groups in total. The number of hydrogen-bond acceptors (Lipinski definition) is 4. The molecule has 0 spiro atoms. The molecule has 1 aliphatic rings. The molecule has 6 heteroatoms. The van der Waals surface area contributed by atoms with E-state index in [-0.39, 0.29) is 5.56 Å². The van der Waals surface area contributed by atoms with E-state index in [0.29, 0.717) is 6.54 Å². The molecule has 0 radical (unpaired) electrons. The van der Waals surface area contributed by atoms with Gasteiger partial charge in [-0.1, -0.05) is 23.7 Å². The van der Waals surface area contributed by atoms with E-state index in [1.54, 1.807) is 11.3 Å². The summed E-state index contributed by atoms with van der Waals surface area (Å²) in [6, 6.07) is 6.07. The van der Waals surface area contributed by atoms with Crippen molar-refractivity contribution in [2.24, 2.45) is 0 Å². The van der Waals surface area contributed by atoms with Crippen molar-refractivity contribution in [2.75, 3.05) is 6.54 Å². The minimum atomic E-state index is -0.0303. The van der Waals surface area contributed by atoms with Crippen LogP contribution in [0.5, 0.6) is 0 Å². The largest absolute Gasteiger partial charge is 0.309 e. The number of aryl methyl sites for hydroxylation is 2. The number of rotatable bonds is 2. The molecule has 4 rings (SSSR count). The van der Waals surface area contributed by atoms with Crippen LogP contribution in [-0.2, 0) is 19.5 Å². The highest BCUT2D eigenvalue weighted by atomic mass is 35.5. The average Bonchev–Trinajstić information content (AvgIpc) is 2.82. The van der Waals surface area contributed by atoms with Crippen LogP contribution in [0.3, 0.4) is 0 Å². The lowest BCUT2D eigenvalue weighted by molar-refractivity contribution is 0.239. The van der Waals surface area contributed by atoms with Gasteiger partial charge in [-0.15, -0.1) is 11.3 Å². The Balaban J connectivity index is 1.62. The molecule has 0 amide bonds. The third-order valence-corrected chi connectivity index (χ3v) is 6.20. The van der Waals surface area contributed by atoms with Gasteiger partial charge >= 0.3 is 0 Å². The zero-order valence-electron chi connectivity index (χ0n) is 13.6. The van der Waals surface area contributed by atoms with Crippen LogP contribution in [-0.4, -0.2) is 21.4 Å². The van der Waals surface area contributed by atoms with Crippen molar-refractivity contribution in [3.8, 4) is 0 Å². The molecule has 24 heavy (non-hydrogen) atoms. The minimum Gasteiger partial charge on any atom is -0.309 e. The van der Waals surface area contributed by atoms with E-state index < -0.39 is 0 Å². The lowest BCUT2D eigenvalue weighted by atomic mass is 10.00. The maximum atomic E-state index is 12.4. The molecule has 0 atom stereocenters. The second kappa shape index (κ2) is 5.99. The number of nitrogens with one attached hydrogen (secondary N) is 1. The molecule has 0 bridgehead atoms. The molecular formula is C18H18ClN3OS. The molecular weight excluding hydrogens is 342 g/mol. The van der Waals surface area contributed by atoms with Gasteiger partial charge in [-0.3, -0.25) is 9.69 Å². The number of benzene rings is 1. The summed E-state index contributed by atoms with van der Waals surface area (Å²) in [7, 11) is 0. The van der Waals surface area contributed by atoms with Gasteiger partial charge in [0.05, 0.1) is 11.9 Å². The topological polar surface area (TPSA) is 49.0 Å². The molecule has 124 valence electrons. The lowest BCUT2D eigenvalue weighted by Gasteiger charge is -2.28. The fraction of sp³-hybridized carbons (Fsp3) is 0.333. The van der Waals surface area contributed by atoms with Crippen LogP contribution in [0.1, 0.15) is 27.4 Å². The fourth-order valence-corrected chi connectivity index (χ4v) is 4.68. The Morgan fingerprint density at radius 3 is 3.04 bits per heavy atom. The number of thiophene rings is 1. The van der Waals surface area contributed by atoms with E-state index in [1.807, 2.05) is 26.0 Å². The summed E-state index contributed by atoms with van der Waals surface area (Å²) in [4.78, 5) is 24.3. The van der Waals surface area contributed by atoms with E-state index in [9.17, 15) is 4.79 Å². The highest BCUT2D eigenvalue weighted by molar-refractivity contribution is 7.18. The molecule has 3 aromatic rings. The predicted molar refractivity (Wildman–Crippen MR) is 99.0 cm³/mol. The summed E-state index contributed by atoms with van der Waals surface area (Å²) >= 11 is 7.87. The van der Waals surface area contributed by atoms with Crippen molar-refractivity contribution in [3.63, 3.8) is 0 Å². The Bertz CT molecular complexity index is 992. The normalized spacial score (nSPS) is 15.0. The highest BCUT2D eigenvalue weighted by Gasteiger charge is 2.20. The number of halogens is 1. The van der Waals surface area contributed by atoms with E-state index in [4.69, 9.17) is 11.6 Å². The van der Waals surface area contributed by atoms with Crippen molar-refractivity contribution < 1.29 is 0 Å². The van der Waals surface area contributed by atoms with Crippen LogP contribution in [0.15, 0.2) is 23.0 Å². The zero-order valence-corrected chi connectivity index (χ0v) is 15.2. The molecule has 0 unspecified atom stereocenters. The van der Waals surface area contributed by atoms with Gasteiger partial charge in [-0.2, -0.15) is 0 Å². The lowest BCUT2D eigenvalue weighted by Crippen LogP contribution is -2.31. The van der Waals surface area contributed by atoms with Crippen LogP contribution in [0.25, 0.3) is 10.2 Å². The first-order valence-electron chi connectivity index (χ1n) is 8.00. The number of hydrogen-bond donors (Lipinski definition) is 1. The summed E-state index contributed by atoms with van der Waals surface area (Å²) < 4.78 is 0. The zero-order chi connectivity index (χ0) is 16.8. The van der Waals surface area contributed by atoms with Gasteiger partial charge in [0.2, 0.25) is 0 Å². The van der Waals surface area contributed by atoms with E-state index in [2.05, 4.69) is 20.9 Å². The van der Waals surface area contributed by atoms with Gasteiger partial charge in [0, 0.05) is 23.0 Å². The van der Waals surface area contributed by atoms with Crippen molar-refractivity contribution in [1.29, 1.82) is 0 Å². The Labute approximate surface area is 149 Å². The number of fused-ring (bicyclic) bond motifs is 2. The van der Waals surface area contributed by atoms with Gasteiger partial charge in [0.15, 0.2) is 0 Å². The summed E-state index contributed by atoms with van der Waals surface area (Å²) in [6.07, 6.45) is 0.929. The molecule has 4 nitrogen and oxygen atoms in total. The molecule has 3 heterocycles. The standard InChI is InChI=1S/C18H18ClN3OS/c1-10-11(2)24-18-16(10)17(23)20-15(21-18)9-22-7-6-13-12(8-22)4-3-5-14(13)19/h3-5H,6-9H2,1-2H3,(H,20,21,23). The minimum absolute atomic E-state index is 0.0303. The third-order valence-electron chi connectivity index (χ3n) is 4.75. The molecule has 1 aromatic carbocycles. The monoisotopic (exact) mass is 359 g/mol. The van der Waals surface area contributed by atoms with Gasteiger partial charge in [0.1, 0.15) is 10.7 Å². The van der Waals surface area contributed by atoms with Gasteiger partial charge in [-0.25, -0.2) is 4.98 Å². The first-order chi connectivity index (χ1) is 11.5. The van der Waals surface area contributed by atoms with Crippen molar-refractivity contribution in [3.05, 3.63) is 61.0 Å². The summed E-state index contributed by atoms with van der Waals surface area (Å²) in [5.74, 6) is 0.735. The maximum Gasteiger partial charge on any atom is 0.259 e. The molecule has 2 aromatic heterocycles. The van der Waals surface area contributed by atoms with Crippen LogP contribution in [0, 0.1) is 13.8 Å². The van der Waals surface area contributed by atoms with Crippen LogP contribution < -0.4 is 5.56 Å². The van der Waals surface area contributed by atoms with Gasteiger partial charge in [0.25, 0.3) is 5.56 Å². The second-order valence-electron chi connectivity index (χ2n) is 6.31. The Morgan fingerprint density at radius 2 is 2.21 bits per heavy atom. The number of H-pyrrole nitrogens is 1. The molecule has 1 aliphatic heterocycles. The second-order valence-corrected chi connectivity index (χ2v) is 7.92. The van der Waals surface area contributed by atoms with Crippen LogP contribution >= 0.6 is 22.9 Å². The van der Waals surface area contributed by atoms with Crippen molar-refractivity contribution >= 4 is 33.2 Å². The Morgan fingerprint density at radius 1 is 1.38 bits per heavy atom. The summed E-state index contributed by atoms with van der Waals surface area (Å²) in [6.45, 7) is 6.41. The van der Waals surface area contributed by atoms with Crippen molar-refractivity contribution in [1.82, 2.24) is 14.9 Å². The Kier molecular flexibility index (Phi) is 3.95.